The molecule has 0 bridgehead atoms. The monoisotopic (exact) mass is 658 g/mol. The van der Waals surface area contributed by atoms with Crippen molar-refractivity contribution in [3.8, 4) is 0 Å². The smallest absolute Gasteiger partial charge is 0.228 e. The van der Waals surface area contributed by atoms with Gasteiger partial charge in [-0.05, 0) is 146 Å². The molecular weight excluding hydrogens is 592 g/mol. The summed E-state index contributed by atoms with van der Waals surface area (Å²) < 4.78 is 10.3. The molecule has 0 aromatic heterocycles. The number of rotatable bonds is 22. The highest BCUT2D eigenvalue weighted by Gasteiger charge is 2.34. The molecule has 0 atom stereocenters. The van der Waals surface area contributed by atoms with Crippen LogP contribution < -0.4 is 0 Å². The van der Waals surface area contributed by atoms with Crippen LogP contribution in [0.5, 0.6) is 0 Å². The third-order valence-electron chi connectivity index (χ3n) is 9.00. The van der Waals surface area contributed by atoms with Gasteiger partial charge in [0.1, 0.15) is 0 Å². The molecule has 266 valence electrons. The van der Waals surface area contributed by atoms with Gasteiger partial charge in [0, 0.05) is 11.1 Å². The van der Waals surface area contributed by atoms with Crippen molar-refractivity contribution in [2.24, 2.45) is 0 Å². The normalized spacial score (nSPS) is 15.9. The molecule has 0 aromatic carbocycles. The molecule has 1 aliphatic carbocycles. The third-order valence-corrected chi connectivity index (χ3v) is 9.00. The van der Waals surface area contributed by atoms with E-state index in [1.165, 1.54) is 59.7 Å². The molecule has 0 aromatic rings. The Morgan fingerprint density at radius 1 is 0.458 bits per heavy atom. The number of methoxy groups -OCH3 is 2. The maximum Gasteiger partial charge on any atom is 0.228 e. The quantitative estimate of drug-likeness (QED) is 0.0858. The van der Waals surface area contributed by atoms with Crippen molar-refractivity contribution in [3.05, 3.63) is 104 Å². The molecule has 0 fully saturated rings. The topological polar surface area (TPSA) is 52.6 Å². The molecule has 0 N–H and O–H groups in total. The summed E-state index contributed by atoms with van der Waals surface area (Å²) in [7, 11) is 2.77. The van der Waals surface area contributed by atoms with Gasteiger partial charge in [0.15, 0.2) is 0 Å². The van der Waals surface area contributed by atoms with Crippen LogP contribution in [0.3, 0.4) is 0 Å². The molecule has 48 heavy (non-hydrogen) atoms. The second-order valence-electron chi connectivity index (χ2n) is 13.8. The summed E-state index contributed by atoms with van der Waals surface area (Å²) >= 11 is 0. The average Bonchev–Trinajstić information content (AvgIpc) is 3.02. The van der Waals surface area contributed by atoms with E-state index in [1.807, 2.05) is 6.08 Å². The summed E-state index contributed by atoms with van der Waals surface area (Å²) in [6.07, 6.45) is 30.0. The molecule has 0 spiro atoms. The summed E-state index contributed by atoms with van der Waals surface area (Å²) in [4.78, 5) is 25.4. The molecule has 0 radical (unpaired) electrons. The first-order valence-corrected chi connectivity index (χ1v) is 18.0. The second kappa shape index (κ2) is 23.8. The standard InChI is InChI=1S/C44H66O4/c1-32(2)18-12-19-33(3)20-13-21-34(4)22-14-23-35(5)24-15-25-36(6)26-16-27-37(7)28-17-29-38(8)30-31-40-39(9)41(45)43(47-10)44(48-11)42(40)46/h18,20,22,24,26,28,30H,12-17,19,21,23,25,27,29,31H2,1-11H3. The van der Waals surface area contributed by atoms with Crippen LogP contribution in [0.25, 0.3) is 0 Å². The molecule has 0 heterocycles. The van der Waals surface area contributed by atoms with Crippen LogP contribution in [-0.4, -0.2) is 25.8 Å². The molecule has 1 aliphatic rings. The second-order valence-corrected chi connectivity index (χ2v) is 13.8. The molecule has 0 amide bonds. The molecule has 4 heteroatoms. The highest BCUT2D eigenvalue weighted by atomic mass is 16.5. The average molecular weight is 659 g/mol. The van der Waals surface area contributed by atoms with Gasteiger partial charge in [-0.15, -0.1) is 0 Å². The van der Waals surface area contributed by atoms with E-state index >= 15 is 0 Å². The van der Waals surface area contributed by atoms with Crippen molar-refractivity contribution in [1.29, 1.82) is 0 Å². The van der Waals surface area contributed by atoms with Gasteiger partial charge in [0.2, 0.25) is 23.1 Å². The zero-order chi connectivity index (χ0) is 36.1. The summed E-state index contributed by atoms with van der Waals surface area (Å²) in [5.74, 6) is -0.570. The Kier molecular flexibility index (Phi) is 21.2. The Morgan fingerprint density at radius 2 is 0.750 bits per heavy atom. The van der Waals surface area contributed by atoms with Crippen LogP contribution >= 0.6 is 0 Å². The lowest BCUT2D eigenvalue weighted by molar-refractivity contribution is -0.121. The maximum atomic E-state index is 12.8. The van der Waals surface area contributed by atoms with Gasteiger partial charge in [0.05, 0.1) is 14.2 Å². The van der Waals surface area contributed by atoms with E-state index in [-0.39, 0.29) is 23.1 Å². The number of allylic oxidation sites excluding steroid dienone is 16. The van der Waals surface area contributed by atoms with Gasteiger partial charge in [-0.25, -0.2) is 0 Å². The molecular formula is C44H66O4. The molecule has 0 aliphatic heterocycles. The number of hydrogen-bond acceptors (Lipinski definition) is 4. The van der Waals surface area contributed by atoms with Gasteiger partial charge in [-0.3, -0.25) is 9.59 Å². The van der Waals surface area contributed by atoms with Gasteiger partial charge < -0.3 is 9.47 Å². The fourth-order valence-electron chi connectivity index (χ4n) is 5.65. The lowest BCUT2D eigenvalue weighted by Gasteiger charge is -2.19. The van der Waals surface area contributed by atoms with Crippen LogP contribution in [0.4, 0.5) is 0 Å². The number of Topliss-reactive ketones (excluding diaryl/α,β-unsaturated/α-hetero) is 2. The predicted octanol–water partition coefficient (Wildman–Crippen LogP) is 12.7. The zero-order valence-corrected chi connectivity index (χ0v) is 32.4. The van der Waals surface area contributed by atoms with Gasteiger partial charge in [-0.2, -0.15) is 0 Å². The number of ether oxygens (including phenoxy) is 2. The van der Waals surface area contributed by atoms with E-state index in [0.29, 0.717) is 17.6 Å². The van der Waals surface area contributed by atoms with Crippen LogP contribution in [0.15, 0.2) is 104 Å². The van der Waals surface area contributed by atoms with Gasteiger partial charge in [-0.1, -0.05) is 81.5 Å². The Morgan fingerprint density at radius 3 is 1.06 bits per heavy atom. The highest BCUT2D eigenvalue weighted by Crippen LogP contribution is 2.28. The molecule has 0 saturated heterocycles. The van der Waals surface area contributed by atoms with Crippen LogP contribution in [0.2, 0.25) is 0 Å². The van der Waals surface area contributed by atoms with Crippen molar-refractivity contribution >= 4 is 11.6 Å². The van der Waals surface area contributed by atoms with Crippen molar-refractivity contribution in [1.82, 2.24) is 0 Å². The molecule has 1 rings (SSSR count). The minimum absolute atomic E-state index is 0.00623. The number of ketones is 2. The Bertz CT molecular complexity index is 1360. The number of carbonyl (C=O) groups is 2. The first kappa shape index (κ1) is 42.6. The molecule has 4 nitrogen and oxygen atoms in total. The number of hydrogen-bond donors (Lipinski definition) is 0. The van der Waals surface area contributed by atoms with E-state index in [1.54, 1.807) is 6.92 Å². The lowest BCUT2D eigenvalue weighted by atomic mass is 9.90. The van der Waals surface area contributed by atoms with Crippen LogP contribution in [-0.2, 0) is 19.1 Å². The molecule has 0 saturated carbocycles. The summed E-state index contributed by atoms with van der Waals surface area (Å²) in [5, 5.41) is 0. The third kappa shape index (κ3) is 17.1. The van der Waals surface area contributed by atoms with E-state index < -0.39 is 0 Å². The highest BCUT2D eigenvalue weighted by molar-refractivity contribution is 6.23. The Labute approximate surface area is 294 Å². The van der Waals surface area contributed by atoms with Crippen LogP contribution in [0, 0.1) is 0 Å². The first-order chi connectivity index (χ1) is 22.8. The lowest BCUT2D eigenvalue weighted by Crippen LogP contribution is -2.24. The Hall–Kier alpha value is -3.40. The summed E-state index contributed by atoms with van der Waals surface area (Å²) in [6, 6.07) is 0. The number of carbonyl (C=O) groups excluding carboxylic acids is 2. The predicted molar refractivity (Wildman–Crippen MR) is 206 cm³/mol. The summed E-state index contributed by atoms with van der Waals surface area (Å²) in [5.41, 5.74) is 10.9. The maximum absolute atomic E-state index is 12.8. The van der Waals surface area contributed by atoms with Crippen molar-refractivity contribution in [2.45, 2.75) is 146 Å². The van der Waals surface area contributed by atoms with Crippen molar-refractivity contribution in [2.75, 3.05) is 14.2 Å². The largest absolute Gasteiger partial charge is 0.489 e. The molecule has 0 unspecified atom stereocenters. The van der Waals surface area contributed by atoms with Crippen molar-refractivity contribution in [3.63, 3.8) is 0 Å². The van der Waals surface area contributed by atoms with Crippen LogP contribution in [0.1, 0.15) is 146 Å². The Balaban J connectivity index is 2.37. The van der Waals surface area contributed by atoms with E-state index in [4.69, 9.17) is 9.47 Å². The SMILES string of the molecule is COC1=C(OC)C(=O)C(CC=C(C)CCC=C(C)CCC=C(C)CCC=C(C)CCC=C(C)CCC=C(C)CCC=C(C)C)=C(C)C1=O. The fraction of sp³-hybridized carbons (Fsp3) is 0.545. The summed E-state index contributed by atoms with van der Waals surface area (Å²) in [6.45, 7) is 19.4. The fourth-order valence-corrected chi connectivity index (χ4v) is 5.65. The van der Waals surface area contributed by atoms with E-state index in [2.05, 4.69) is 91.8 Å². The zero-order valence-electron chi connectivity index (χ0n) is 32.4. The minimum Gasteiger partial charge on any atom is -0.489 e. The van der Waals surface area contributed by atoms with Gasteiger partial charge >= 0.3 is 0 Å². The van der Waals surface area contributed by atoms with E-state index in [0.717, 1.165) is 70.6 Å². The van der Waals surface area contributed by atoms with E-state index in [9.17, 15) is 9.59 Å². The van der Waals surface area contributed by atoms with Gasteiger partial charge in [0.25, 0.3) is 0 Å². The minimum atomic E-state index is -0.283. The van der Waals surface area contributed by atoms with Crippen molar-refractivity contribution < 1.29 is 19.1 Å². The first-order valence-electron chi connectivity index (χ1n) is 18.0.